The van der Waals surface area contributed by atoms with E-state index < -0.39 is 25.1 Å². The Morgan fingerprint density at radius 1 is 0.972 bits per heavy atom. The van der Waals surface area contributed by atoms with Crippen molar-refractivity contribution in [3.8, 4) is 11.8 Å². The maximum Gasteiger partial charge on any atom is 0.325 e. The average molecular weight is 576 g/mol. The molecule has 1 atom stereocenters. The van der Waals surface area contributed by atoms with Gasteiger partial charge in [-0.2, -0.15) is 0 Å². The van der Waals surface area contributed by atoms with Crippen molar-refractivity contribution < 1.29 is 23.1 Å². The van der Waals surface area contributed by atoms with Crippen molar-refractivity contribution in [3.05, 3.63) is 104 Å². The minimum atomic E-state index is -3.97. The van der Waals surface area contributed by atoms with Gasteiger partial charge in [0.1, 0.15) is 11.6 Å². The number of halogens is 3. The molecule has 36 heavy (non-hydrogen) atoms. The van der Waals surface area contributed by atoms with Crippen molar-refractivity contribution in [2.45, 2.75) is 39.2 Å². The van der Waals surface area contributed by atoms with Crippen molar-refractivity contribution in [2.75, 3.05) is 12.7 Å². The highest BCUT2D eigenvalue weighted by Gasteiger charge is 2.14. The topological polar surface area (TPSA) is 69.6 Å². The van der Waals surface area contributed by atoms with Crippen molar-refractivity contribution in [1.29, 1.82) is 0 Å². The predicted molar refractivity (Wildman–Crippen MR) is 143 cm³/mol. The van der Waals surface area contributed by atoms with Crippen LogP contribution in [0.1, 0.15) is 45.7 Å². The Labute approximate surface area is 219 Å². The van der Waals surface area contributed by atoms with Crippen LogP contribution < -0.4 is 5.32 Å². The zero-order valence-electron chi connectivity index (χ0n) is 20.2. The highest BCUT2D eigenvalue weighted by molar-refractivity contribution is 9.10. The lowest BCUT2D eigenvalue weighted by molar-refractivity contribution is 0.371. The Kier molecular flexibility index (Phi) is 10.0. The Morgan fingerprint density at radius 2 is 1.67 bits per heavy atom. The Bertz CT molecular complexity index is 1310. The molecule has 0 saturated carbocycles. The van der Waals surface area contributed by atoms with Gasteiger partial charge in [-0.15, -0.1) is 0 Å². The van der Waals surface area contributed by atoms with Gasteiger partial charge in [0.05, 0.1) is 6.16 Å². The van der Waals surface area contributed by atoms with E-state index in [1.165, 1.54) is 17.7 Å². The Balaban J connectivity index is 1.77. The molecule has 0 bridgehead atoms. The van der Waals surface area contributed by atoms with Gasteiger partial charge in [0.15, 0.2) is 0 Å². The largest absolute Gasteiger partial charge is 0.325 e. The third-order valence-corrected chi connectivity index (χ3v) is 7.40. The van der Waals surface area contributed by atoms with Crippen LogP contribution in [0.4, 0.5) is 8.78 Å². The molecule has 1 unspecified atom stereocenters. The second-order valence-electron chi connectivity index (χ2n) is 8.88. The maximum atomic E-state index is 14.0. The van der Waals surface area contributed by atoms with Gasteiger partial charge in [0, 0.05) is 28.6 Å². The zero-order chi connectivity index (χ0) is 26.3. The molecule has 3 aromatic rings. The fourth-order valence-electron chi connectivity index (χ4n) is 3.77. The van der Waals surface area contributed by atoms with Crippen molar-refractivity contribution in [3.63, 3.8) is 0 Å². The summed E-state index contributed by atoms with van der Waals surface area (Å²) in [4.78, 5) is 17.8. The van der Waals surface area contributed by atoms with E-state index in [1.54, 1.807) is 0 Å². The molecule has 0 aromatic heterocycles. The second kappa shape index (κ2) is 12.8. The fraction of sp³-hybridized carbons (Fsp3) is 0.286. The molecule has 3 N–H and O–H groups in total. The van der Waals surface area contributed by atoms with E-state index in [1.807, 2.05) is 44.2 Å². The molecule has 4 nitrogen and oxygen atoms in total. The molecule has 8 heteroatoms. The van der Waals surface area contributed by atoms with Gasteiger partial charge in [-0.05, 0) is 101 Å². The van der Waals surface area contributed by atoms with Gasteiger partial charge in [0.2, 0.25) is 0 Å². The summed E-state index contributed by atoms with van der Waals surface area (Å²) in [5, 5.41) is 3.17. The van der Waals surface area contributed by atoms with E-state index in [0.29, 0.717) is 31.5 Å². The van der Waals surface area contributed by atoms with E-state index in [2.05, 4.69) is 39.2 Å². The summed E-state index contributed by atoms with van der Waals surface area (Å²) in [6.45, 7) is 5.12. The summed E-state index contributed by atoms with van der Waals surface area (Å²) < 4.78 is 39.7. The van der Waals surface area contributed by atoms with E-state index >= 15 is 0 Å². The maximum absolute atomic E-state index is 14.0. The van der Waals surface area contributed by atoms with Crippen LogP contribution in [0.3, 0.4) is 0 Å². The van der Waals surface area contributed by atoms with Gasteiger partial charge < -0.3 is 15.1 Å². The van der Waals surface area contributed by atoms with Crippen LogP contribution in [0.2, 0.25) is 0 Å². The Morgan fingerprint density at radius 3 is 2.31 bits per heavy atom. The van der Waals surface area contributed by atoms with E-state index in [9.17, 15) is 13.3 Å². The standard InChI is InChI=1S/C28H29BrF2NO3P/c1-19-4-5-21(12-20(19)2)13-24(25-15-26(30)17-27(31)16-25)9-8-23-7-6-22(14-28(23)29)18-32-10-3-11-36(33,34)35/h4-7,12,14-17,24,32H,3,10-11,13,18H2,1-2H3,(H2,33,34,35). The SMILES string of the molecule is Cc1ccc(CC(C#Cc2ccc(CNCCCP(=O)(O)O)cc2Br)c2cc(F)cc(F)c2)cc1C. The number of hydrogen-bond donors (Lipinski definition) is 3. The quantitative estimate of drug-likeness (QED) is 0.157. The molecular formula is C28H29BrF2NO3P. The molecule has 190 valence electrons. The second-order valence-corrected chi connectivity index (χ2v) is 11.5. The molecule has 0 fully saturated rings. The first-order valence-electron chi connectivity index (χ1n) is 11.6. The van der Waals surface area contributed by atoms with Crippen LogP contribution in [-0.2, 0) is 17.5 Å². The first-order valence-corrected chi connectivity index (χ1v) is 14.2. The van der Waals surface area contributed by atoms with Gasteiger partial charge in [-0.3, -0.25) is 4.57 Å². The lowest BCUT2D eigenvalue weighted by Gasteiger charge is -2.13. The molecule has 0 aliphatic rings. The van der Waals surface area contributed by atoms with E-state index in [4.69, 9.17) is 9.79 Å². The molecule has 0 aliphatic heterocycles. The number of nitrogens with one attached hydrogen (secondary N) is 1. The monoisotopic (exact) mass is 575 g/mol. The summed E-state index contributed by atoms with van der Waals surface area (Å²) in [6.07, 6.45) is 0.763. The fourth-order valence-corrected chi connectivity index (χ4v) is 4.87. The highest BCUT2D eigenvalue weighted by Crippen LogP contribution is 2.34. The molecule has 3 aromatic carbocycles. The number of hydrogen-bond acceptors (Lipinski definition) is 2. The summed E-state index contributed by atoms with van der Waals surface area (Å²) in [7, 11) is -3.97. The smallest absolute Gasteiger partial charge is 0.324 e. The van der Waals surface area contributed by atoms with Crippen molar-refractivity contribution in [1.82, 2.24) is 5.32 Å². The van der Waals surface area contributed by atoms with Crippen molar-refractivity contribution in [2.24, 2.45) is 0 Å². The zero-order valence-corrected chi connectivity index (χ0v) is 22.7. The molecule has 0 aliphatic carbocycles. The van der Waals surface area contributed by atoms with Crippen LogP contribution in [-0.4, -0.2) is 22.5 Å². The molecular weight excluding hydrogens is 547 g/mol. The minimum absolute atomic E-state index is 0.142. The Hall–Kier alpha value is -2.33. The summed E-state index contributed by atoms with van der Waals surface area (Å²) in [5.74, 6) is 4.73. The summed E-state index contributed by atoms with van der Waals surface area (Å²) in [6, 6.07) is 15.4. The molecule has 0 heterocycles. The lowest BCUT2D eigenvalue weighted by atomic mass is 9.90. The van der Waals surface area contributed by atoms with Crippen LogP contribution in [0.25, 0.3) is 0 Å². The minimum Gasteiger partial charge on any atom is -0.324 e. The van der Waals surface area contributed by atoms with E-state index in [0.717, 1.165) is 32.8 Å². The average Bonchev–Trinajstić information content (AvgIpc) is 2.78. The normalized spacial score (nSPS) is 12.2. The summed E-state index contributed by atoms with van der Waals surface area (Å²) in [5.41, 5.74) is 5.60. The molecule has 0 spiro atoms. The van der Waals surface area contributed by atoms with Crippen LogP contribution in [0, 0.1) is 37.3 Å². The first-order chi connectivity index (χ1) is 17.0. The number of rotatable bonds is 9. The van der Waals surface area contributed by atoms with E-state index in [-0.39, 0.29) is 6.16 Å². The summed E-state index contributed by atoms with van der Waals surface area (Å²) >= 11 is 3.56. The lowest BCUT2D eigenvalue weighted by Crippen LogP contribution is -2.15. The number of benzene rings is 3. The third-order valence-electron chi connectivity index (χ3n) is 5.85. The molecule has 0 saturated heterocycles. The molecule has 0 amide bonds. The van der Waals surface area contributed by atoms with Crippen molar-refractivity contribution >= 4 is 23.5 Å². The van der Waals surface area contributed by atoms with Crippen LogP contribution >= 0.6 is 23.5 Å². The molecule has 0 radical (unpaired) electrons. The van der Waals surface area contributed by atoms with Gasteiger partial charge in [-0.1, -0.05) is 36.1 Å². The third kappa shape index (κ3) is 8.96. The molecule has 3 rings (SSSR count). The first kappa shape index (κ1) is 28.2. The van der Waals surface area contributed by atoms with Gasteiger partial charge >= 0.3 is 7.60 Å². The van der Waals surface area contributed by atoms with Gasteiger partial charge in [-0.25, -0.2) is 8.78 Å². The number of aryl methyl sites for hydroxylation is 2. The highest BCUT2D eigenvalue weighted by atomic mass is 79.9. The van der Waals surface area contributed by atoms with Crippen LogP contribution in [0.5, 0.6) is 0 Å². The predicted octanol–water partition coefficient (Wildman–Crippen LogP) is 6.38. The van der Waals surface area contributed by atoms with Gasteiger partial charge in [0.25, 0.3) is 0 Å². The van der Waals surface area contributed by atoms with Crippen LogP contribution in [0.15, 0.2) is 59.1 Å².